The fourth-order valence-corrected chi connectivity index (χ4v) is 4.30. The van der Waals surface area contributed by atoms with Gasteiger partial charge >= 0.3 is 5.97 Å². The Bertz CT molecular complexity index is 1250. The fraction of sp³-hybridized carbons (Fsp3) is 0.222. The van der Waals surface area contributed by atoms with E-state index < -0.39 is 17.6 Å². The molecule has 0 radical (unpaired) electrons. The van der Waals surface area contributed by atoms with Crippen LogP contribution in [0.5, 0.6) is 5.75 Å². The molecule has 33 heavy (non-hydrogen) atoms. The predicted octanol–water partition coefficient (Wildman–Crippen LogP) is 6.60. The number of hydrogen-bond donors (Lipinski definition) is 1. The smallest absolute Gasteiger partial charge is 0.338 e. The topological polar surface area (TPSA) is 47.6 Å². The van der Waals surface area contributed by atoms with E-state index in [1.54, 1.807) is 6.07 Å². The highest BCUT2D eigenvalue weighted by Gasteiger charge is 2.27. The second kappa shape index (κ2) is 8.70. The first kappa shape index (κ1) is 22.5. The third kappa shape index (κ3) is 4.60. The van der Waals surface area contributed by atoms with Gasteiger partial charge in [0.1, 0.15) is 24.0 Å². The third-order valence-corrected chi connectivity index (χ3v) is 5.62. The Labute approximate surface area is 191 Å². The number of nitrogens with one attached hydrogen (secondary N) is 1. The van der Waals surface area contributed by atoms with Crippen LogP contribution in [0.25, 0.3) is 16.7 Å². The van der Waals surface area contributed by atoms with Gasteiger partial charge in [-0.1, -0.05) is 12.1 Å². The Morgan fingerprint density at radius 1 is 0.970 bits per heavy atom. The standard InChI is InChI=1S/C27H25F2NO3/c1-16-14-27(2,3)30-23-12-11-20(21-10-9-19(29)13-24(21)32-4)22(25(16)23)15-33-26(31)17-5-7-18(28)8-6-17/h5-14,30H,15H2,1-4H3. The number of halogens is 2. The summed E-state index contributed by atoms with van der Waals surface area (Å²) in [7, 11) is 1.49. The van der Waals surface area contributed by atoms with Crippen molar-refractivity contribution in [3.63, 3.8) is 0 Å². The second-order valence-electron chi connectivity index (χ2n) is 8.62. The van der Waals surface area contributed by atoms with Crippen LogP contribution in [0.3, 0.4) is 0 Å². The van der Waals surface area contributed by atoms with Crippen molar-refractivity contribution in [3.05, 3.63) is 89.0 Å². The van der Waals surface area contributed by atoms with Gasteiger partial charge in [-0.3, -0.25) is 0 Å². The van der Waals surface area contributed by atoms with Gasteiger partial charge in [-0.25, -0.2) is 13.6 Å². The van der Waals surface area contributed by atoms with Gasteiger partial charge in [-0.05, 0) is 74.4 Å². The van der Waals surface area contributed by atoms with E-state index in [9.17, 15) is 13.6 Å². The molecule has 0 spiro atoms. The van der Waals surface area contributed by atoms with Crippen molar-refractivity contribution in [3.8, 4) is 16.9 Å². The summed E-state index contributed by atoms with van der Waals surface area (Å²) in [4.78, 5) is 12.6. The molecule has 1 aliphatic heterocycles. The summed E-state index contributed by atoms with van der Waals surface area (Å²) in [6, 6.07) is 13.4. The van der Waals surface area contributed by atoms with E-state index in [1.165, 1.54) is 43.5 Å². The number of rotatable bonds is 5. The number of esters is 1. The number of allylic oxidation sites excluding steroid dienone is 1. The second-order valence-corrected chi connectivity index (χ2v) is 8.62. The number of fused-ring (bicyclic) bond motifs is 1. The van der Waals surface area contributed by atoms with Crippen molar-refractivity contribution in [1.29, 1.82) is 0 Å². The van der Waals surface area contributed by atoms with Crippen molar-refractivity contribution in [1.82, 2.24) is 0 Å². The van der Waals surface area contributed by atoms with Crippen molar-refractivity contribution in [2.45, 2.75) is 32.9 Å². The van der Waals surface area contributed by atoms with Gasteiger partial charge in [0.2, 0.25) is 0 Å². The Morgan fingerprint density at radius 3 is 2.33 bits per heavy atom. The maximum atomic E-state index is 13.8. The highest BCUT2D eigenvalue weighted by molar-refractivity contribution is 5.91. The predicted molar refractivity (Wildman–Crippen MR) is 125 cm³/mol. The molecule has 0 saturated heterocycles. The molecule has 3 aromatic carbocycles. The van der Waals surface area contributed by atoms with Gasteiger partial charge in [-0.2, -0.15) is 0 Å². The van der Waals surface area contributed by atoms with Gasteiger partial charge in [0, 0.05) is 28.4 Å². The van der Waals surface area contributed by atoms with E-state index in [2.05, 4.69) is 25.2 Å². The maximum Gasteiger partial charge on any atom is 0.338 e. The van der Waals surface area contributed by atoms with E-state index in [-0.39, 0.29) is 17.7 Å². The lowest BCUT2D eigenvalue weighted by Crippen LogP contribution is -2.32. The van der Waals surface area contributed by atoms with Crippen LogP contribution in [0.4, 0.5) is 14.5 Å². The first-order chi connectivity index (χ1) is 15.7. The molecular formula is C27H25F2NO3. The molecule has 0 fully saturated rings. The number of carbonyl (C=O) groups excluding carboxylic acids is 1. The summed E-state index contributed by atoms with van der Waals surface area (Å²) in [5, 5.41) is 3.50. The summed E-state index contributed by atoms with van der Waals surface area (Å²) in [5.41, 5.74) is 5.11. The molecule has 6 heteroatoms. The van der Waals surface area contributed by atoms with Gasteiger partial charge in [-0.15, -0.1) is 0 Å². The average molecular weight is 449 g/mol. The normalized spacial score (nSPS) is 14.1. The van der Waals surface area contributed by atoms with Crippen molar-refractivity contribution in [2.24, 2.45) is 0 Å². The summed E-state index contributed by atoms with van der Waals surface area (Å²) >= 11 is 0. The SMILES string of the molecule is COc1cc(F)ccc1-c1ccc2c(c1COC(=O)c1ccc(F)cc1)C(C)=CC(C)(C)N2. The number of carbonyl (C=O) groups is 1. The molecule has 0 atom stereocenters. The lowest BCUT2D eigenvalue weighted by atomic mass is 9.85. The molecule has 0 amide bonds. The molecule has 0 aromatic heterocycles. The molecule has 0 unspecified atom stereocenters. The zero-order valence-electron chi connectivity index (χ0n) is 19.0. The van der Waals surface area contributed by atoms with Crippen LogP contribution in [0.1, 0.15) is 42.3 Å². The minimum atomic E-state index is -0.560. The number of methoxy groups -OCH3 is 1. The van der Waals surface area contributed by atoms with Crippen LogP contribution in [0.15, 0.2) is 60.7 Å². The summed E-state index contributed by atoms with van der Waals surface area (Å²) in [6.07, 6.45) is 2.12. The molecule has 0 bridgehead atoms. The lowest BCUT2D eigenvalue weighted by molar-refractivity contribution is 0.0473. The monoisotopic (exact) mass is 449 g/mol. The van der Waals surface area contributed by atoms with Crippen LogP contribution < -0.4 is 10.1 Å². The Morgan fingerprint density at radius 2 is 1.64 bits per heavy atom. The quantitative estimate of drug-likeness (QED) is 0.446. The first-order valence-corrected chi connectivity index (χ1v) is 10.6. The van der Waals surface area contributed by atoms with E-state index >= 15 is 0 Å². The lowest BCUT2D eigenvalue weighted by Gasteiger charge is -2.33. The average Bonchev–Trinajstić information content (AvgIpc) is 2.76. The molecule has 4 rings (SSSR count). The molecule has 170 valence electrons. The molecule has 3 aromatic rings. The molecular weight excluding hydrogens is 424 g/mol. The molecule has 0 saturated carbocycles. The van der Waals surface area contributed by atoms with Crippen LogP contribution in [0, 0.1) is 11.6 Å². The van der Waals surface area contributed by atoms with Crippen molar-refractivity contribution in [2.75, 3.05) is 12.4 Å². The summed E-state index contributed by atoms with van der Waals surface area (Å²) in [5.74, 6) is -1.01. The van der Waals surface area contributed by atoms with E-state index in [1.807, 2.05) is 19.1 Å². The van der Waals surface area contributed by atoms with Crippen molar-refractivity contribution < 1.29 is 23.0 Å². The molecule has 0 aliphatic carbocycles. The van der Waals surface area contributed by atoms with Crippen LogP contribution in [0.2, 0.25) is 0 Å². The van der Waals surface area contributed by atoms with Gasteiger partial charge < -0.3 is 14.8 Å². The Balaban J connectivity index is 1.81. The Hall–Kier alpha value is -3.67. The largest absolute Gasteiger partial charge is 0.496 e. The summed E-state index contributed by atoms with van der Waals surface area (Å²) in [6.45, 7) is 6.14. The zero-order chi connectivity index (χ0) is 23.8. The number of benzene rings is 3. The van der Waals surface area contributed by atoms with Gasteiger partial charge in [0.25, 0.3) is 0 Å². The minimum Gasteiger partial charge on any atom is -0.496 e. The maximum absolute atomic E-state index is 13.8. The highest BCUT2D eigenvalue weighted by atomic mass is 19.1. The summed E-state index contributed by atoms with van der Waals surface area (Å²) < 4.78 is 38.2. The number of anilines is 1. The van der Waals surface area contributed by atoms with Gasteiger partial charge in [0.05, 0.1) is 18.2 Å². The first-order valence-electron chi connectivity index (χ1n) is 10.6. The fourth-order valence-electron chi connectivity index (χ4n) is 4.30. The zero-order valence-corrected chi connectivity index (χ0v) is 19.0. The minimum absolute atomic E-state index is 0.0253. The molecule has 4 nitrogen and oxygen atoms in total. The number of hydrogen-bond acceptors (Lipinski definition) is 4. The van der Waals surface area contributed by atoms with Crippen molar-refractivity contribution >= 4 is 17.2 Å². The highest BCUT2D eigenvalue weighted by Crippen LogP contribution is 2.42. The van der Waals surface area contributed by atoms with Crippen LogP contribution in [-0.2, 0) is 11.3 Å². The van der Waals surface area contributed by atoms with Gasteiger partial charge in [0.15, 0.2) is 0 Å². The molecule has 1 N–H and O–H groups in total. The molecule has 1 heterocycles. The molecule has 1 aliphatic rings. The van der Waals surface area contributed by atoms with Crippen LogP contribution in [-0.4, -0.2) is 18.6 Å². The van der Waals surface area contributed by atoms with E-state index in [4.69, 9.17) is 9.47 Å². The van der Waals surface area contributed by atoms with E-state index in [0.29, 0.717) is 11.3 Å². The van der Waals surface area contributed by atoms with E-state index in [0.717, 1.165) is 28.0 Å². The van der Waals surface area contributed by atoms with Crippen LogP contribution >= 0.6 is 0 Å². The Kier molecular flexibility index (Phi) is 5.93. The number of ether oxygens (including phenoxy) is 2. The third-order valence-electron chi connectivity index (χ3n) is 5.62.